The van der Waals surface area contributed by atoms with Crippen molar-refractivity contribution in [1.82, 2.24) is 0 Å². The molecule has 0 aromatic carbocycles. The van der Waals surface area contributed by atoms with E-state index in [1.807, 2.05) is 13.8 Å². The number of carboxylic acid groups (broad SMARTS) is 1. The Morgan fingerprint density at radius 2 is 1.50 bits per heavy atom. The molecule has 0 aliphatic carbocycles. The number of Topliss-reactive ketones (excluding diaryl/α,β-unsaturated/α-hetero) is 1. The zero-order valence-electron chi connectivity index (χ0n) is 12.9. The van der Waals surface area contributed by atoms with Gasteiger partial charge < -0.3 is 14.7 Å². The quantitative estimate of drug-likeness (QED) is 0.464. The number of ketones is 1. The number of carbonyl (C=O) groups is 2. The standard InChI is InChI=1S/C8H16O2.C6H12O.Na/c1-7(2)5-3-4-6-8(9)10;1-5(2)4-6(3)7;/h7H,3-6H2,1-2H3,(H,9,10);5H,4H2,1-3H3;/q;;+1/p-1. The molecule has 0 aliphatic rings. The van der Waals surface area contributed by atoms with Gasteiger partial charge in [0.05, 0.1) is 0 Å². The van der Waals surface area contributed by atoms with E-state index in [9.17, 15) is 14.7 Å². The molecule has 0 radical (unpaired) electrons. The molecule has 0 saturated heterocycles. The Bertz CT molecular complexity index is 213. The first-order valence-corrected chi connectivity index (χ1v) is 6.45. The summed E-state index contributed by atoms with van der Waals surface area (Å²) >= 11 is 0. The van der Waals surface area contributed by atoms with Gasteiger partial charge in [0.2, 0.25) is 0 Å². The number of carbonyl (C=O) groups excluding carboxylic acids is 2. The molecule has 0 rings (SSSR count). The van der Waals surface area contributed by atoms with Crippen molar-refractivity contribution < 1.29 is 44.3 Å². The van der Waals surface area contributed by atoms with Crippen molar-refractivity contribution in [3.8, 4) is 0 Å². The number of hydrogen-bond acceptors (Lipinski definition) is 3. The van der Waals surface area contributed by atoms with Gasteiger partial charge in [-0.2, -0.15) is 0 Å². The Kier molecular flexibility index (Phi) is 19.6. The smallest absolute Gasteiger partial charge is 0.550 e. The zero-order valence-corrected chi connectivity index (χ0v) is 14.9. The minimum Gasteiger partial charge on any atom is -0.550 e. The van der Waals surface area contributed by atoms with Crippen molar-refractivity contribution in [3.63, 3.8) is 0 Å². The fraction of sp³-hybridized carbons (Fsp3) is 0.857. The maximum atomic E-state index is 10.3. The van der Waals surface area contributed by atoms with E-state index < -0.39 is 5.97 Å². The number of hydrogen-bond donors (Lipinski definition) is 0. The van der Waals surface area contributed by atoms with Crippen LogP contribution < -0.4 is 34.7 Å². The van der Waals surface area contributed by atoms with Gasteiger partial charge in [-0.05, 0) is 31.6 Å². The maximum Gasteiger partial charge on any atom is 1.00 e. The first-order chi connectivity index (χ1) is 7.75. The largest absolute Gasteiger partial charge is 1.00 e. The number of unbranched alkanes of at least 4 members (excludes halogenated alkanes) is 1. The summed E-state index contributed by atoms with van der Waals surface area (Å²) in [6.07, 6.45) is 3.83. The molecule has 0 spiro atoms. The van der Waals surface area contributed by atoms with Crippen LogP contribution in [0.3, 0.4) is 0 Å². The average Bonchev–Trinajstić information content (AvgIpc) is 2.10. The molecule has 0 N–H and O–H groups in total. The topological polar surface area (TPSA) is 57.2 Å². The third-order valence-electron chi connectivity index (χ3n) is 2.11. The molecule has 0 aromatic heterocycles. The fourth-order valence-corrected chi connectivity index (χ4v) is 1.40. The summed E-state index contributed by atoms with van der Waals surface area (Å²) in [6.45, 7) is 9.99. The molecule has 0 atom stereocenters. The van der Waals surface area contributed by atoms with E-state index in [1.165, 1.54) is 0 Å². The van der Waals surface area contributed by atoms with Crippen LogP contribution in [0.1, 0.15) is 66.7 Å². The summed E-state index contributed by atoms with van der Waals surface area (Å²) in [5.41, 5.74) is 0. The van der Waals surface area contributed by atoms with Gasteiger partial charge in [0.1, 0.15) is 5.78 Å². The van der Waals surface area contributed by atoms with E-state index in [0.717, 1.165) is 25.7 Å². The van der Waals surface area contributed by atoms with Crippen LogP contribution in [0, 0.1) is 11.8 Å². The second kappa shape index (κ2) is 15.2. The van der Waals surface area contributed by atoms with Crippen molar-refractivity contribution in [2.75, 3.05) is 0 Å². The van der Waals surface area contributed by atoms with Gasteiger partial charge in [0.25, 0.3) is 0 Å². The summed E-state index contributed by atoms with van der Waals surface area (Å²) in [5.74, 6) is 0.568. The Labute approximate surface area is 134 Å². The Morgan fingerprint density at radius 1 is 1.00 bits per heavy atom. The molecule has 0 bridgehead atoms. The molecule has 18 heavy (non-hydrogen) atoms. The normalized spacial score (nSPS) is 9.50. The van der Waals surface area contributed by atoms with Gasteiger partial charge in [-0.3, -0.25) is 0 Å². The molecule has 0 unspecified atom stereocenters. The number of carboxylic acids is 1. The van der Waals surface area contributed by atoms with Crippen molar-refractivity contribution in [3.05, 3.63) is 0 Å². The molecule has 0 heterocycles. The van der Waals surface area contributed by atoms with Gasteiger partial charge in [0.15, 0.2) is 0 Å². The van der Waals surface area contributed by atoms with Crippen molar-refractivity contribution in [1.29, 1.82) is 0 Å². The molecule has 3 nitrogen and oxygen atoms in total. The fourth-order valence-electron chi connectivity index (χ4n) is 1.40. The van der Waals surface area contributed by atoms with E-state index in [4.69, 9.17) is 0 Å². The van der Waals surface area contributed by atoms with E-state index in [1.54, 1.807) is 6.92 Å². The average molecular weight is 266 g/mol. The minimum absolute atomic E-state index is 0. The molecule has 0 aliphatic heterocycles. The first-order valence-electron chi connectivity index (χ1n) is 6.45. The van der Waals surface area contributed by atoms with Gasteiger partial charge in [-0.25, -0.2) is 0 Å². The Hall–Kier alpha value is 0.140. The Balaban J connectivity index is -0.000000251. The van der Waals surface area contributed by atoms with Crippen LogP contribution in [0.15, 0.2) is 0 Å². The third kappa shape index (κ3) is 29.8. The summed E-state index contributed by atoms with van der Waals surface area (Å²) in [6, 6.07) is 0. The second-order valence-corrected chi connectivity index (χ2v) is 5.31. The predicted octanol–water partition coefficient (Wildman–Crippen LogP) is -0.422. The predicted molar refractivity (Wildman–Crippen MR) is 68.4 cm³/mol. The van der Waals surface area contributed by atoms with Crippen LogP contribution in [-0.2, 0) is 9.59 Å². The first kappa shape index (κ1) is 23.2. The van der Waals surface area contributed by atoms with Crippen LogP contribution in [0.25, 0.3) is 0 Å². The molecule has 0 amide bonds. The van der Waals surface area contributed by atoms with Gasteiger partial charge in [-0.15, -0.1) is 0 Å². The van der Waals surface area contributed by atoms with Crippen LogP contribution >= 0.6 is 0 Å². The minimum atomic E-state index is -0.927. The summed E-state index contributed by atoms with van der Waals surface area (Å²) in [7, 11) is 0. The van der Waals surface area contributed by atoms with E-state index >= 15 is 0 Å². The number of rotatable bonds is 7. The van der Waals surface area contributed by atoms with E-state index in [-0.39, 0.29) is 41.8 Å². The number of aliphatic carboxylic acids is 1. The van der Waals surface area contributed by atoms with Crippen LogP contribution in [0.2, 0.25) is 0 Å². The van der Waals surface area contributed by atoms with Crippen molar-refractivity contribution in [2.45, 2.75) is 66.7 Å². The van der Waals surface area contributed by atoms with Crippen molar-refractivity contribution >= 4 is 11.8 Å². The SMILES string of the molecule is CC(=O)CC(C)C.CC(C)CCCCC(=O)[O-].[Na+]. The van der Waals surface area contributed by atoms with Gasteiger partial charge in [-0.1, -0.05) is 40.5 Å². The molecular formula is C14H27NaO3. The van der Waals surface area contributed by atoms with E-state index in [0.29, 0.717) is 11.8 Å². The van der Waals surface area contributed by atoms with Gasteiger partial charge in [0, 0.05) is 12.4 Å². The summed E-state index contributed by atoms with van der Waals surface area (Å²) in [5, 5.41) is 9.93. The summed E-state index contributed by atoms with van der Waals surface area (Å²) < 4.78 is 0. The monoisotopic (exact) mass is 266 g/mol. The second-order valence-electron chi connectivity index (χ2n) is 5.31. The molecule has 4 heteroatoms. The molecule has 0 saturated carbocycles. The van der Waals surface area contributed by atoms with Crippen molar-refractivity contribution in [2.24, 2.45) is 11.8 Å². The van der Waals surface area contributed by atoms with Crippen LogP contribution in [0.4, 0.5) is 0 Å². The maximum absolute atomic E-state index is 10.3. The van der Waals surface area contributed by atoms with Crippen LogP contribution in [0.5, 0.6) is 0 Å². The Morgan fingerprint density at radius 3 is 1.72 bits per heavy atom. The van der Waals surface area contributed by atoms with Gasteiger partial charge >= 0.3 is 29.6 Å². The van der Waals surface area contributed by atoms with E-state index in [2.05, 4.69) is 13.8 Å². The molecule has 0 aromatic rings. The summed E-state index contributed by atoms with van der Waals surface area (Å²) in [4.78, 5) is 20.2. The molecule has 0 fully saturated rings. The molecule has 102 valence electrons. The zero-order chi connectivity index (χ0) is 13.8. The molecular weight excluding hydrogens is 239 g/mol. The van der Waals surface area contributed by atoms with Crippen LogP contribution in [-0.4, -0.2) is 11.8 Å². The third-order valence-corrected chi connectivity index (χ3v) is 2.11.